The smallest absolute Gasteiger partial charge is 0.356 e. The van der Waals surface area contributed by atoms with Gasteiger partial charge in [-0.05, 0) is 47.2 Å². The molecule has 0 radical (unpaired) electrons. The number of amides is 2. The van der Waals surface area contributed by atoms with E-state index >= 15 is 0 Å². The molecule has 264 valence electrons. The second-order valence-corrected chi connectivity index (χ2v) is 17.0. The molecule has 18 heteroatoms. The molecule has 3 N–H and O–H groups in total. The minimum atomic E-state index is -3.11. The maximum Gasteiger partial charge on any atom is 0.425 e. The normalized spacial score (nSPS) is 10.6. The van der Waals surface area contributed by atoms with E-state index in [1.807, 2.05) is 37.4 Å². The van der Waals surface area contributed by atoms with E-state index in [4.69, 9.17) is 25.3 Å². The molecule has 0 aromatic carbocycles. The van der Waals surface area contributed by atoms with Crippen LogP contribution in [0.3, 0.4) is 0 Å². The third-order valence-electron chi connectivity index (χ3n) is 4.54. The van der Waals surface area contributed by atoms with Crippen molar-refractivity contribution in [2.24, 2.45) is 5.92 Å². The van der Waals surface area contributed by atoms with Gasteiger partial charge in [0.05, 0.1) is 11.5 Å². The average molecular weight is 730 g/mol. The van der Waals surface area contributed by atoms with Crippen LogP contribution in [0.1, 0.15) is 87.5 Å². The van der Waals surface area contributed by atoms with Crippen molar-refractivity contribution >= 4 is 66.4 Å². The van der Waals surface area contributed by atoms with Gasteiger partial charge in [0.2, 0.25) is 11.8 Å². The fourth-order valence-corrected chi connectivity index (χ4v) is 6.29. The molecule has 0 saturated carbocycles. The number of hydrogen-bond donors (Lipinski definition) is 3. The van der Waals surface area contributed by atoms with Crippen molar-refractivity contribution in [1.29, 1.82) is 0 Å². The van der Waals surface area contributed by atoms with Gasteiger partial charge in [-0.2, -0.15) is 23.5 Å². The van der Waals surface area contributed by atoms with Gasteiger partial charge in [-0.3, -0.25) is 9.59 Å². The number of carbonyl (C=O) groups excluding carboxylic acids is 2. The summed E-state index contributed by atoms with van der Waals surface area (Å²) in [6.45, 7) is 18.7. The predicted octanol–water partition coefficient (Wildman–Crippen LogP) is 2.50. The van der Waals surface area contributed by atoms with Crippen LogP contribution in [0, 0.1) is 5.92 Å². The van der Waals surface area contributed by atoms with E-state index in [0.29, 0.717) is 42.3 Å². The van der Waals surface area contributed by atoms with Crippen LogP contribution in [-0.2, 0) is 40.6 Å². The maximum atomic E-state index is 11.6. The second kappa shape index (κ2) is 33.2. The Bertz CT molecular complexity index is 988. The number of sulfone groups is 1. The largest absolute Gasteiger partial charge is 0.425 e. The van der Waals surface area contributed by atoms with Crippen LogP contribution in [0.5, 0.6) is 0 Å². The van der Waals surface area contributed by atoms with E-state index < -0.39 is 31.1 Å². The SMILES string of the molecule is CC(C)CS(=O)(=O)CCCNC(=O)CCCSC(C)C.CC(C)NCCNC(=O)CCCSC(C)C.O=S(=O)=O.O=S(=O)=O. The highest BCUT2D eigenvalue weighted by atomic mass is 32.2. The highest BCUT2D eigenvalue weighted by Gasteiger charge is 2.12. The summed E-state index contributed by atoms with van der Waals surface area (Å²) < 4.78 is 74.0. The lowest BCUT2D eigenvalue weighted by Crippen LogP contribution is -2.34. The number of nitrogens with one attached hydrogen (secondary N) is 3. The van der Waals surface area contributed by atoms with Crippen LogP contribution >= 0.6 is 23.5 Å². The summed E-state index contributed by atoms with van der Waals surface area (Å²) in [7, 11) is -9.19. The fraction of sp³-hybridized carbons (Fsp3) is 0.923. The maximum absolute atomic E-state index is 11.6. The van der Waals surface area contributed by atoms with Gasteiger partial charge in [-0.1, -0.05) is 55.4 Å². The minimum Gasteiger partial charge on any atom is -0.356 e. The van der Waals surface area contributed by atoms with Crippen LogP contribution in [0.2, 0.25) is 0 Å². The van der Waals surface area contributed by atoms with E-state index in [2.05, 4.69) is 57.5 Å². The van der Waals surface area contributed by atoms with E-state index in [-0.39, 0.29) is 29.2 Å². The first kappa shape index (κ1) is 49.7. The molecule has 44 heavy (non-hydrogen) atoms. The van der Waals surface area contributed by atoms with Crippen molar-refractivity contribution in [3.8, 4) is 0 Å². The molecule has 0 atom stereocenters. The highest BCUT2D eigenvalue weighted by Crippen LogP contribution is 2.12. The quantitative estimate of drug-likeness (QED) is 0.154. The molecule has 0 spiro atoms. The Morgan fingerprint density at radius 3 is 1.36 bits per heavy atom. The number of thioether (sulfide) groups is 2. The lowest BCUT2D eigenvalue weighted by atomic mass is 10.3. The zero-order valence-electron chi connectivity index (χ0n) is 27.4. The lowest BCUT2D eigenvalue weighted by molar-refractivity contribution is -0.121. The van der Waals surface area contributed by atoms with Crippen LogP contribution in [0.4, 0.5) is 0 Å². The van der Waals surface area contributed by atoms with Crippen molar-refractivity contribution in [2.45, 2.75) is 104 Å². The Labute approximate surface area is 277 Å². The summed E-state index contributed by atoms with van der Waals surface area (Å²) in [6, 6.07) is 0.486. The predicted molar refractivity (Wildman–Crippen MR) is 180 cm³/mol. The zero-order chi connectivity index (χ0) is 35.1. The monoisotopic (exact) mass is 729 g/mol. The first-order valence-corrected chi connectivity index (χ1v) is 20.4. The molecule has 0 aliphatic rings. The van der Waals surface area contributed by atoms with E-state index in [1.54, 1.807) is 0 Å². The molecule has 2 amide bonds. The molecule has 0 fully saturated rings. The molecule has 0 bridgehead atoms. The Morgan fingerprint density at radius 1 is 0.636 bits per heavy atom. The topological polar surface area (TPSA) is 207 Å². The van der Waals surface area contributed by atoms with Gasteiger partial charge in [-0.15, -0.1) is 25.3 Å². The summed E-state index contributed by atoms with van der Waals surface area (Å²) in [6.07, 6.45) is 3.54. The van der Waals surface area contributed by atoms with Gasteiger partial charge in [0.25, 0.3) is 0 Å². The molecule has 0 aliphatic heterocycles. The summed E-state index contributed by atoms with van der Waals surface area (Å²) in [5.41, 5.74) is 0. The van der Waals surface area contributed by atoms with Gasteiger partial charge in [0.15, 0.2) is 9.84 Å². The van der Waals surface area contributed by atoms with Crippen LogP contribution in [0.15, 0.2) is 0 Å². The van der Waals surface area contributed by atoms with Crippen molar-refractivity contribution < 1.29 is 43.3 Å². The van der Waals surface area contributed by atoms with Crippen LogP contribution in [-0.4, -0.2) is 105 Å². The highest BCUT2D eigenvalue weighted by molar-refractivity contribution is 8.00. The first-order valence-electron chi connectivity index (χ1n) is 14.5. The molecule has 0 unspecified atom stereocenters. The summed E-state index contributed by atoms with van der Waals surface area (Å²) in [5.74, 6) is 2.82. The van der Waals surface area contributed by atoms with Gasteiger partial charge < -0.3 is 16.0 Å². The van der Waals surface area contributed by atoms with Crippen LogP contribution in [0.25, 0.3) is 0 Å². The molecule has 0 aliphatic carbocycles. The van der Waals surface area contributed by atoms with E-state index in [1.165, 1.54) is 0 Å². The summed E-state index contributed by atoms with van der Waals surface area (Å²) in [5, 5.41) is 10.2. The average Bonchev–Trinajstić information content (AvgIpc) is 2.83. The summed E-state index contributed by atoms with van der Waals surface area (Å²) in [4.78, 5) is 22.9. The molecule has 0 aromatic rings. The Hall–Kier alpha value is -1.21. The summed E-state index contributed by atoms with van der Waals surface area (Å²) >= 11 is 3.76. The molecule has 0 saturated heterocycles. The second-order valence-electron chi connectivity index (χ2n) is 10.6. The Balaban J connectivity index is -0.000000295. The zero-order valence-corrected chi connectivity index (χ0v) is 31.5. The van der Waals surface area contributed by atoms with Gasteiger partial charge >= 0.3 is 21.2 Å². The number of carbonyl (C=O) groups is 2. The van der Waals surface area contributed by atoms with Crippen molar-refractivity contribution in [3.05, 3.63) is 0 Å². The molecule has 0 aromatic heterocycles. The molecular weight excluding hydrogens is 675 g/mol. The van der Waals surface area contributed by atoms with E-state index in [9.17, 15) is 18.0 Å². The Morgan fingerprint density at radius 2 is 1.02 bits per heavy atom. The van der Waals surface area contributed by atoms with Gasteiger partial charge in [-0.25, -0.2) is 8.42 Å². The van der Waals surface area contributed by atoms with Crippen molar-refractivity contribution in [2.75, 3.05) is 42.6 Å². The third-order valence-corrected chi connectivity index (χ3v) is 9.01. The lowest BCUT2D eigenvalue weighted by Gasteiger charge is -2.09. The fourth-order valence-electron chi connectivity index (χ4n) is 2.95. The Kier molecular flexibility index (Phi) is 37.4. The molecule has 0 rings (SSSR count). The molecular formula is C26H55N3O10S5. The first-order chi connectivity index (χ1) is 20.2. The minimum absolute atomic E-state index is 0.0237. The van der Waals surface area contributed by atoms with Gasteiger partial charge in [0.1, 0.15) is 0 Å². The van der Waals surface area contributed by atoms with Crippen molar-refractivity contribution in [3.63, 3.8) is 0 Å². The molecule has 0 heterocycles. The van der Waals surface area contributed by atoms with Crippen LogP contribution < -0.4 is 16.0 Å². The van der Waals surface area contributed by atoms with Crippen molar-refractivity contribution in [1.82, 2.24) is 16.0 Å². The van der Waals surface area contributed by atoms with E-state index in [0.717, 1.165) is 37.4 Å². The standard InChI is InChI=1S/C14H29NO3S2.C12H26N2OS.2O3S/c1-12(2)11-20(17,18)10-6-8-15-14(16)7-5-9-19-13(3)4;1-10(2)13-7-8-14-12(15)6-5-9-16-11(3)4;2*1-4(2)3/h12-13H,5-11H2,1-4H3,(H,15,16);10-11,13H,5-9H2,1-4H3,(H,14,15);;. The van der Waals surface area contributed by atoms with Gasteiger partial charge in [0, 0.05) is 38.5 Å². The number of hydrogen-bond acceptors (Lipinski definition) is 13. The third kappa shape index (κ3) is 60.1. The molecule has 13 nitrogen and oxygen atoms in total. The number of rotatable bonds is 20.